The molecular weight excluding hydrogens is 296 g/mol. The van der Waals surface area contributed by atoms with E-state index >= 15 is 0 Å². The van der Waals surface area contributed by atoms with Crippen molar-refractivity contribution in [2.75, 3.05) is 18.4 Å². The first-order valence-electron chi connectivity index (χ1n) is 7.52. The maximum absolute atomic E-state index is 11.5. The molecule has 3 rings (SSSR count). The molecule has 1 saturated heterocycles. The van der Waals surface area contributed by atoms with E-state index in [1.807, 2.05) is 30.2 Å². The largest absolute Gasteiger partial charge is 0.342 e. The molecule has 0 unspecified atom stereocenters. The Kier molecular flexibility index (Phi) is 4.38. The molecule has 2 aromatic heterocycles. The van der Waals surface area contributed by atoms with Gasteiger partial charge in [0.05, 0.1) is 5.69 Å². The predicted octanol–water partition coefficient (Wildman–Crippen LogP) is 3.32. The van der Waals surface area contributed by atoms with Gasteiger partial charge < -0.3 is 10.2 Å². The summed E-state index contributed by atoms with van der Waals surface area (Å²) < 4.78 is 0. The summed E-state index contributed by atoms with van der Waals surface area (Å²) in [6.07, 6.45) is 3.97. The van der Waals surface area contributed by atoms with Crippen LogP contribution in [0.1, 0.15) is 36.9 Å². The highest BCUT2D eigenvalue weighted by Crippen LogP contribution is 2.30. The lowest BCUT2D eigenvalue weighted by Crippen LogP contribution is -2.37. The number of piperidine rings is 1. The van der Waals surface area contributed by atoms with Crippen LogP contribution in [0.2, 0.25) is 0 Å². The minimum Gasteiger partial charge on any atom is -0.342 e. The van der Waals surface area contributed by atoms with Gasteiger partial charge in [-0.15, -0.1) is 11.3 Å². The van der Waals surface area contributed by atoms with E-state index in [2.05, 4.69) is 20.7 Å². The topological polar surface area (TPSA) is 58.1 Å². The second kappa shape index (κ2) is 6.44. The predicted molar refractivity (Wildman–Crippen MR) is 88.6 cm³/mol. The molecule has 2 aromatic rings. The summed E-state index contributed by atoms with van der Waals surface area (Å²) in [5.74, 6) is 1.30. The van der Waals surface area contributed by atoms with Crippen LogP contribution in [0.3, 0.4) is 0 Å². The molecule has 0 aliphatic carbocycles. The first kappa shape index (κ1) is 15.0. The van der Waals surface area contributed by atoms with Gasteiger partial charge in [-0.05, 0) is 31.4 Å². The third kappa shape index (κ3) is 3.44. The molecule has 1 aliphatic rings. The first-order chi connectivity index (χ1) is 10.6. The van der Waals surface area contributed by atoms with Gasteiger partial charge >= 0.3 is 0 Å². The molecule has 3 heterocycles. The summed E-state index contributed by atoms with van der Waals surface area (Å²) >= 11 is 1.59. The Morgan fingerprint density at radius 1 is 1.45 bits per heavy atom. The number of carbonyl (C=O) groups is 1. The Morgan fingerprint density at radius 3 is 3.05 bits per heavy atom. The Hall–Kier alpha value is -1.95. The highest BCUT2D eigenvalue weighted by molar-refractivity contribution is 7.13. The van der Waals surface area contributed by atoms with Crippen molar-refractivity contribution in [3.05, 3.63) is 35.0 Å². The average Bonchev–Trinajstić information content (AvgIpc) is 2.98. The SMILES string of the molecule is CC(=O)N1CCC[C@@H](c2csc(Nc3ccc(C)cn3)n2)C1. The van der Waals surface area contributed by atoms with Gasteiger partial charge in [0, 0.05) is 37.5 Å². The van der Waals surface area contributed by atoms with Crippen LogP contribution in [-0.2, 0) is 4.79 Å². The van der Waals surface area contributed by atoms with E-state index in [9.17, 15) is 4.79 Å². The molecular formula is C16H20N4OS. The van der Waals surface area contributed by atoms with E-state index in [0.29, 0.717) is 5.92 Å². The number of aromatic nitrogens is 2. The molecule has 6 heteroatoms. The molecule has 0 spiro atoms. The molecule has 1 atom stereocenters. The zero-order chi connectivity index (χ0) is 15.5. The van der Waals surface area contributed by atoms with Crippen LogP contribution in [0.15, 0.2) is 23.7 Å². The number of pyridine rings is 1. The van der Waals surface area contributed by atoms with Crippen LogP contribution in [0.4, 0.5) is 10.9 Å². The van der Waals surface area contributed by atoms with Crippen molar-refractivity contribution in [2.24, 2.45) is 0 Å². The number of nitrogens with zero attached hydrogens (tertiary/aromatic N) is 3. The monoisotopic (exact) mass is 316 g/mol. The minimum atomic E-state index is 0.155. The number of hydrogen-bond acceptors (Lipinski definition) is 5. The number of amides is 1. The number of likely N-dealkylation sites (tertiary alicyclic amines) is 1. The maximum Gasteiger partial charge on any atom is 0.219 e. The molecule has 0 saturated carbocycles. The summed E-state index contributed by atoms with van der Waals surface area (Å²) in [5.41, 5.74) is 2.21. The molecule has 1 amide bonds. The number of rotatable bonds is 3. The summed E-state index contributed by atoms with van der Waals surface area (Å²) in [7, 11) is 0. The van der Waals surface area contributed by atoms with Crippen LogP contribution in [0.5, 0.6) is 0 Å². The molecule has 0 aromatic carbocycles. The molecule has 1 N–H and O–H groups in total. The third-order valence-electron chi connectivity index (χ3n) is 3.95. The van der Waals surface area contributed by atoms with E-state index < -0.39 is 0 Å². The van der Waals surface area contributed by atoms with E-state index in [1.54, 1.807) is 18.3 Å². The second-order valence-electron chi connectivity index (χ2n) is 5.73. The molecule has 22 heavy (non-hydrogen) atoms. The van der Waals surface area contributed by atoms with Gasteiger partial charge in [0.15, 0.2) is 5.13 Å². The fourth-order valence-electron chi connectivity index (χ4n) is 2.69. The van der Waals surface area contributed by atoms with Crippen molar-refractivity contribution in [1.29, 1.82) is 0 Å². The van der Waals surface area contributed by atoms with E-state index in [0.717, 1.165) is 48.1 Å². The standard InChI is InChI=1S/C16H20N4OS/c1-11-5-6-15(17-8-11)19-16-18-14(10-22-16)13-4-3-7-20(9-13)12(2)21/h5-6,8,10,13H,3-4,7,9H2,1-2H3,(H,17,18,19)/t13-/m1/s1. The Balaban J connectivity index is 1.68. The number of thiazole rings is 1. The molecule has 116 valence electrons. The first-order valence-corrected chi connectivity index (χ1v) is 8.40. The van der Waals surface area contributed by atoms with E-state index in [1.165, 1.54) is 0 Å². The van der Waals surface area contributed by atoms with Crippen molar-refractivity contribution in [1.82, 2.24) is 14.9 Å². The van der Waals surface area contributed by atoms with Crippen LogP contribution in [-0.4, -0.2) is 33.9 Å². The molecule has 1 fully saturated rings. The zero-order valence-electron chi connectivity index (χ0n) is 12.9. The van der Waals surface area contributed by atoms with Gasteiger partial charge in [-0.3, -0.25) is 4.79 Å². The zero-order valence-corrected chi connectivity index (χ0v) is 13.7. The maximum atomic E-state index is 11.5. The van der Waals surface area contributed by atoms with Crippen molar-refractivity contribution in [2.45, 2.75) is 32.6 Å². The molecule has 0 bridgehead atoms. The van der Waals surface area contributed by atoms with Gasteiger partial charge in [-0.1, -0.05) is 6.07 Å². The summed E-state index contributed by atoms with van der Waals surface area (Å²) in [6.45, 7) is 5.30. The quantitative estimate of drug-likeness (QED) is 0.944. The average molecular weight is 316 g/mol. The Bertz CT molecular complexity index is 652. The van der Waals surface area contributed by atoms with Crippen molar-refractivity contribution >= 4 is 28.2 Å². The van der Waals surface area contributed by atoms with Gasteiger partial charge in [0.1, 0.15) is 5.82 Å². The van der Waals surface area contributed by atoms with Gasteiger partial charge in [0.25, 0.3) is 0 Å². The number of hydrogen-bond donors (Lipinski definition) is 1. The highest BCUT2D eigenvalue weighted by atomic mass is 32.1. The second-order valence-corrected chi connectivity index (χ2v) is 6.59. The molecule has 0 radical (unpaired) electrons. The van der Waals surface area contributed by atoms with Crippen LogP contribution < -0.4 is 5.32 Å². The van der Waals surface area contributed by atoms with E-state index in [-0.39, 0.29) is 5.91 Å². The lowest BCUT2D eigenvalue weighted by molar-refractivity contribution is -0.130. The normalized spacial score (nSPS) is 18.3. The molecule has 1 aliphatic heterocycles. The number of carbonyl (C=O) groups excluding carboxylic acids is 1. The minimum absolute atomic E-state index is 0.155. The Morgan fingerprint density at radius 2 is 2.32 bits per heavy atom. The van der Waals surface area contributed by atoms with Crippen molar-refractivity contribution in [3.63, 3.8) is 0 Å². The van der Waals surface area contributed by atoms with Gasteiger partial charge in [0.2, 0.25) is 5.91 Å². The van der Waals surface area contributed by atoms with Gasteiger partial charge in [-0.2, -0.15) is 0 Å². The molecule has 5 nitrogen and oxygen atoms in total. The van der Waals surface area contributed by atoms with Crippen molar-refractivity contribution < 1.29 is 4.79 Å². The van der Waals surface area contributed by atoms with E-state index in [4.69, 9.17) is 0 Å². The summed E-state index contributed by atoms with van der Waals surface area (Å²) in [4.78, 5) is 22.5. The smallest absolute Gasteiger partial charge is 0.219 e. The van der Waals surface area contributed by atoms with Crippen LogP contribution in [0, 0.1) is 6.92 Å². The van der Waals surface area contributed by atoms with Crippen LogP contribution in [0.25, 0.3) is 0 Å². The fraction of sp³-hybridized carbons (Fsp3) is 0.438. The summed E-state index contributed by atoms with van der Waals surface area (Å²) in [6, 6.07) is 3.98. The summed E-state index contributed by atoms with van der Waals surface area (Å²) in [5, 5.41) is 6.18. The van der Waals surface area contributed by atoms with Gasteiger partial charge in [-0.25, -0.2) is 9.97 Å². The number of aryl methyl sites for hydroxylation is 1. The van der Waals surface area contributed by atoms with Crippen LogP contribution >= 0.6 is 11.3 Å². The lowest BCUT2D eigenvalue weighted by Gasteiger charge is -2.31. The Labute approximate surface area is 134 Å². The fourth-order valence-corrected chi connectivity index (χ4v) is 3.49. The number of anilines is 2. The number of nitrogens with one attached hydrogen (secondary N) is 1. The third-order valence-corrected chi connectivity index (χ3v) is 4.73. The van der Waals surface area contributed by atoms with Crippen molar-refractivity contribution in [3.8, 4) is 0 Å². The highest BCUT2D eigenvalue weighted by Gasteiger charge is 2.24. The lowest BCUT2D eigenvalue weighted by atomic mass is 9.95.